The highest BCUT2D eigenvalue weighted by Crippen LogP contribution is 2.28. The summed E-state index contributed by atoms with van der Waals surface area (Å²) in [5, 5.41) is 12.3. The first-order valence-electron chi connectivity index (χ1n) is 10.0. The fourth-order valence-electron chi connectivity index (χ4n) is 3.22. The van der Waals surface area contributed by atoms with Crippen LogP contribution in [-0.4, -0.2) is 68.0 Å². The van der Waals surface area contributed by atoms with E-state index in [9.17, 15) is 19.1 Å². The third-order valence-corrected chi connectivity index (χ3v) is 4.76. The van der Waals surface area contributed by atoms with E-state index in [1.54, 1.807) is 13.0 Å². The lowest BCUT2D eigenvalue weighted by Gasteiger charge is -2.26. The lowest BCUT2D eigenvalue weighted by molar-refractivity contribution is 0.0322. The highest BCUT2D eigenvalue weighted by Gasteiger charge is 2.22. The Kier molecular flexibility index (Phi) is 7.80. The van der Waals surface area contributed by atoms with Gasteiger partial charge in [-0.2, -0.15) is 0 Å². The van der Waals surface area contributed by atoms with Crippen molar-refractivity contribution in [3.05, 3.63) is 53.3 Å². The topological polar surface area (TPSA) is 97.3 Å². The molecule has 2 aromatic rings. The minimum atomic E-state index is -1.32. The largest absolute Gasteiger partial charge is 0.492 e. The highest BCUT2D eigenvalue weighted by atomic mass is 19.1. The summed E-state index contributed by atoms with van der Waals surface area (Å²) >= 11 is 0. The van der Waals surface area contributed by atoms with Crippen LogP contribution in [0.1, 0.15) is 27.6 Å². The zero-order valence-corrected chi connectivity index (χ0v) is 17.2. The predicted molar refractivity (Wildman–Crippen MR) is 112 cm³/mol. The van der Waals surface area contributed by atoms with Crippen molar-refractivity contribution in [2.75, 3.05) is 51.4 Å². The molecule has 2 aromatic carbocycles. The summed E-state index contributed by atoms with van der Waals surface area (Å²) in [5.41, 5.74) is -0.254. The summed E-state index contributed by atoms with van der Waals surface area (Å²) in [6.07, 6.45) is 0. The summed E-state index contributed by atoms with van der Waals surface area (Å²) in [4.78, 5) is 26.1. The molecule has 1 aliphatic heterocycles. The third-order valence-electron chi connectivity index (χ3n) is 4.76. The van der Waals surface area contributed by atoms with Gasteiger partial charge >= 0.3 is 11.9 Å². The van der Waals surface area contributed by atoms with Gasteiger partial charge < -0.3 is 24.6 Å². The van der Waals surface area contributed by atoms with Crippen molar-refractivity contribution < 1.29 is 33.3 Å². The number of halogens is 1. The summed E-state index contributed by atoms with van der Waals surface area (Å²) < 4.78 is 30.5. The SMILES string of the molecule is CCOC(=O)c1cccc(Nc2ccc(OCCN3CCOCC3)cc2F)c1C(=O)O. The van der Waals surface area contributed by atoms with Crippen LogP contribution in [0.25, 0.3) is 0 Å². The molecule has 0 aliphatic carbocycles. The van der Waals surface area contributed by atoms with Crippen LogP contribution in [0.15, 0.2) is 36.4 Å². The van der Waals surface area contributed by atoms with Crippen LogP contribution < -0.4 is 10.1 Å². The van der Waals surface area contributed by atoms with E-state index in [-0.39, 0.29) is 29.1 Å². The van der Waals surface area contributed by atoms with Crippen LogP contribution in [-0.2, 0) is 9.47 Å². The normalized spacial score (nSPS) is 14.1. The van der Waals surface area contributed by atoms with Gasteiger partial charge in [-0.05, 0) is 31.2 Å². The molecule has 0 aromatic heterocycles. The molecule has 0 radical (unpaired) electrons. The number of nitrogens with zero attached hydrogens (tertiary/aromatic N) is 1. The van der Waals surface area contributed by atoms with Gasteiger partial charge in [0, 0.05) is 25.7 Å². The number of ether oxygens (including phenoxy) is 3. The number of carboxylic acids is 1. The fourth-order valence-corrected chi connectivity index (χ4v) is 3.22. The minimum absolute atomic E-state index is 0.0593. The van der Waals surface area contributed by atoms with E-state index < -0.39 is 17.8 Å². The Balaban J connectivity index is 1.70. The maximum Gasteiger partial charge on any atom is 0.339 e. The highest BCUT2D eigenvalue weighted by molar-refractivity contribution is 6.06. The second-order valence-corrected chi connectivity index (χ2v) is 6.82. The van der Waals surface area contributed by atoms with Gasteiger partial charge in [-0.3, -0.25) is 4.90 Å². The summed E-state index contributed by atoms with van der Waals surface area (Å²) in [6.45, 7) is 5.95. The van der Waals surface area contributed by atoms with Crippen LogP contribution in [0.3, 0.4) is 0 Å². The van der Waals surface area contributed by atoms with E-state index in [1.807, 2.05) is 0 Å². The van der Waals surface area contributed by atoms with Crippen molar-refractivity contribution in [3.8, 4) is 5.75 Å². The molecule has 1 saturated heterocycles. The Labute approximate surface area is 179 Å². The molecule has 166 valence electrons. The second-order valence-electron chi connectivity index (χ2n) is 6.82. The molecule has 1 fully saturated rings. The molecular formula is C22H25FN2O6. The standard InChI is InChI=1S/C22H25FN2O6/c1-2-30-22(28)16-4-3-5-19(20(16)21(26)27)24-18-7-6-15(14-17(18)23)31-13-10-25-8-11-29-12-9-25/h3-7,14,24H,2,8-13H2,1H3,(H,26,27). The van der Waals surface area contributed by atoms with Gasteiger partial charge in [0.05, 0.1) is 42.3 Å². The number of carbonyl (C=O) groups excluding carboxylic acids is 1. The lowest BCUT2D eigenvalue weighted by Crippen LogP contribution is -2.38. The summed E-state index contributed by atoms with van der Waals surface area (Å²) in [7, 11) is 0. The van der Waals surface area contributed by atoms with Crippen LogP contribution in [0, 0.1) is 5.82 Å². The maximum atomic E-state index is 14.6. The van der Waals surface area contributed by atoms with Crippen molar-refractivity contribution in [2.45, 2.75) is 6.92 Å². The molecule has 0 atom stereocenters. The number of hydrogen-bond donors (Lipinski definition) is 2. The zero-order chi connectivity index (χ0) is 22.2. The van der Waals surface area contributed by atoms with E-state index in [1.165, 1.54) is 30.3 Å². The number of carboxylic acid groups (broad SMARTS) is 1. The van der Waals surface area contributed by atoms with E-state index in [2.05, 4.69) is 10.2 Å². The Morgan fingerprint density at radius 2 is 1.97 bits per heavy atom. The van der Waals surface area contributed by atoms with Gasteiger partial charge in [0.1, 0.15) is 18.2 Å². The van der Waals surface area contributed by atoms with Crippen molar-refractivity contribution in [3.63, 3.8) is 0 Å². The number of benzene rings is 2. The van der Waals surface area contributed by atoms with Crippen LogP contribution in [0.5, 0.6) is 5.75 Å². The van der Waals surface area contributed by atoms with Crippen molar-refractivity contribution in [1.82, 2.24) is 4.90 Å². The minimum Gasteiger partial charge on any atom is -0.492 e. The Hall–Kier alpha value is -3.17. The number of hydrogen-bond acceptors (Lipinski definition) is 7. The molecule has 0 saturated carbocycles. The van der Waals surface area contributed by atoms with Gasteiger partial charge in [-0.1, -0.05) is 6.07 Å². The molecule has 8 nitrogen and oxygen atoms in total. The van der Waals surface area contributed by atoms with Gasteiger partial charge in [-0.25, -0.2) is 14.0 Å². The van der Waals surface area contributed by atoms with Gasteiger partial charge in [0.25, 0.3) is 0 Å². The first-order chi connectivity index (χ1) is 15.0. The predicted octanol–water partition coefficient (Wildman–Crippen LogP) is 3.16. The Morgan fingerprint density at radius 1 is 1.19 bits per heavy atom. The van der Waals surface area contributed by atoms with E-state index >= 15 is 0 Å². The molecule has 0 unspecified atom stereocenters. The molecule has 0 bridgehead atoms. The van der Waals surface area contributed by atoms with Gasteiger partial charge in [0.15, 0.2) is 0 Å². The van der Waals surface area contributed by atoms with Crippen molar-refractivity contribution in [2.24, 2.45) is 0 Å². The first kappa shape index (κ1) is 22.5. The van der Waals surface area contributed by atoms with E-state index in [0.717, 1.165) is 13.1 Å². The van der Waals surface area contributed by atoms with Gasteiger partial charge in [0.2, 0.25) is 0 Å². The van der Waals surface area contributed by atoms with E-state index in [4.69, 9.17) is 14.2 Å². The van der Waals surface area contributed by atoms with Crippen LogP contribution >= 0.6 is 0 Å². The Bertz CT molecular complexity index is 930. The molecule has 1 aliphatic rings. The van der Waals surface area contributed by atoms with Crippen molar-refractivity contribution >= 4 is 23.3 Å². The monoisotopic (exact) mass is 432 g/mol. The lowest BCUT2D eigenvalue weighted by atomic mass is 10.0. The summed E-state index contributed by atoms with van der Waals surface area (Å²) in [5.74, 6) is -2.32. The molecule has 0 spiro atoms. The number of rotatable bonds is 9. The molecular weight excluding hydrogens is 407 g/mol. The quantitative estimate of drug-likeness (QED) is 0.584. The average Bonchev–Trinajstić information content (AvgIpc) is 2.76. The fraction of sp³-hybridized carbons (Fsp3) is 0.364. The molecule has 9 heteroatoms. The average molecular weight is 432 g/mol. The number of carbonyl (C=O) groups is 2. The number of esters is 1. The Morgan fingerprint density at radius 3 is 2.65 bits per heavy atom. The first-order valence-corrected chi connectivity index (χ1v) is 10.0. The number of nitrogens with one attached hydrogen (secondary N) is 1. The number of anilines is 2. The summed E-state index contributed by atoms with van der Waals surface area (Å²) in [6, 6.07) is 8.61. The van der Waals surface area contributed by atoms with Crippen molar-refractivity contribution in [1.29, 1.82) is 0 Å². The molecule has 3 rings (SSSR count). The van der Waals surface area contributed by atoms with Crippen LogP contribution in [0.4, 0.5) is 15.8 Å². The maximum absolute atomic E-state index is 14.6. The third kappa shape index (κ3) is 5.93. The molecule has 31 heavy (non-hydrogen) atoms. The van der Waals surface area contributed by atoms with Gasteiger partial charge in [-0.15, -0.1) is 0 Å². The van der Waals surface area contributed by atoms with E-state index in [0.29, 0.717) is 32.1 Å². The molecule has 2 N–H and O–H groups in total. The molecule has 0 amide bonds. The number of morpholine rings is 1. The zero-order valence-electron chi connectivity index (χ0n) is 17.2. The molecule has 1 heterocycles. The smallest absolute Gasteiger partial charge is 0.339 e. The second kappa shape index (κ2) is 10.7. The van der Waals surface area contributed by atoms with Crippen LogP contribution in [0.2, 0.25) is 0 Å². The number of aromatic carboxylic acids is 1.